The highest BCUT2D eigenvalue weighted by atomic mass is 35.5. The van der Waals surface area contributed by atoms with Crippen LogP contribution in [0, 0.1) is 0 Å². The predicted octanol–water partition coefficient (Wildman–Crippen LogP) is 5.37. The van der Waals surface area contributed by atoms with Gasteiger partial charge < -0.3 is 18.9 Å². The van der Waals surface area contributed by atoms with E-state index in [0.29, 0.717) is 45.7 Å². The topological polar surface area (TPSA) is 69.6 Å². The second-order valence-electron chi connectivity index (χ2n) is 7.61. The van der Waals surface area contributed by atoms with E-state index in [-0.39, 0.29) is 5.91 Å². The first kappa shape index (κ1) is 23.4. The number of ether oxygens (including phenoxy) is 4. The van der Waals surface area contributed by atoms with Gasteiger partial charge in [-0.2, -0.15) is 5.10 Å². The van der Waals surface area contributed by atoms with Gasteiger partial charge in [-0.25, -0.2) is 5.01 Å². The van der Waals surface area contributed by atoms with Crippen LogP contribution in [0.25, 0.3) is 0 Å². The third-order valence-electron chi connectivity index (χ3n) is 5.70. The van der Waals surface area contributed by atoms with Crippen molar-refractivity contribution in [3.63, 3.8) is 0 Å². The first-order chi connectivity index (χ1) is 16.5. The molecule has 4 rings (SSSR count). The van der Waals surface area contributed by atoms with Gasteiger partial charge in [0.25, 0.3) is 5.91 Å². The first-order valence-electron chi connectivity index (χ1n) is 10.6. The Labute approximate surface area is 203 Å². The van der Waals surface area contributed by atoms with Crippen molar-refractivity contribution in [3.05, 3.63) is 82.4 Å². The molecule has 0 unspecified atom stereocenters. The average molecular weight is 481 g/mol. The summed E-state index contributed by atoms with van der Waals surface area (Å²) in [6.45, 7) is 0. The van der Waals surface area contributed by atoms with Crippen molar-refractivity contribution in [3.8, 4) is 23.0 Å². The number of rotatable bonds is 7. The third kappa shape index (κ3) is 4.52. The van der Waals surface area contributed by atoms with Crippen LogP contribution < -0.4 is 18.9 Å². The van der Waals surface area contributed by atoms with Crippen LogP contribution in [0.5, 0.6) is 23.0 Å². The Balaban J connectivity index is 1.84. The molecule has 34 heavy (non-hydrogen) atoms. The second-order valence-corrected chi connectivity index (χ2v) is 8.01. The van der Waals surface area contributed by atoms with E-state index in [1.807, 2.05) is 30.3 Å². The monoisotopic (exact) mass is 480 g/mol. The van der Waals surface area contributed by atoms with Crippen LogP contribution in [0.4, 0.5) is 0 Å². The lowest BCUT2D eigenvalue weighted by Gasteiger charge is -2.24. The van der Waals surface area contributed by atoms with E-state index in [1.54, 1.807) is 58.8 Å². The molecule has 7 nitrogen and oxygen atoms in total. The Morgan fingerprint density at radius 1 is 0.882 bits per heavy atom. The zero-order valence-corrected chi connectivity index (χ0v) is 20.1. The standard InChI is InChI=1S/C26H25ClN2O5/c1-31-17-9-10-25(34-4)21(14-17)24-15-23(16-11-18(32-2)13-19(12-16)33-3)28-29(24)26(30)20-7-5-6-8-22(20)27/h5-14,24H,15H2,1-4H3/t24-/m1/s1. The minimum absolute atomic E-state index is 0.315. The molecule has 3 aromatic rings. The van der Waals surface area contributed by atoms with Gasteiger partial charge in [0.2, 0.25) is 0 Å². The summed E-state index contributed by atoms with van der Waals surface area (Å²) in [5, 5.41) is 6.56. The lowest BCUT2D eigenvalue weighted by atomic mass is 9.96. The van der Waals surface area contributed by atoms with Crippen molar-refractivity contribution in [1.29, 1.82) is 0 Å². The van der Waals surface area contributed by atoms with Crippen LogP contribution in [0.3, 0.4) is 0 Å². The summed E-state index contributed by atoms with van der Waals surface area (Å²) in [6.07, 6.45) is 0.441. The van der Waals surface area contributed by atoms with E-state index >= 15 is 0 Å². The maximum absolute atomic E-state index is 13.6. The van der Waals surface area contributed by atoms with Gasteiger partial charge in [0.1, 0.15) is 23.0 Å². The predicted molar refractivity (Wildman–Crippen MR) is 131 cm³/mol. The molecule has 1 atom stereocenters. The van der Waals surface area contributed by atoms with Gasteiger partial charge >= 0.3 is 0 Å². The highest BCUT2D eigenvalue weighted by Gasteiger charge is 2.36. The van der Waals surface area contributed by atoms with E-state index < -0.39 is 6.04 Å². The summed E-state index contributed by atoms with van der Waals surface area (Å²) >= 11 is 6.36. The lowest BCUT2D eigenvalue weighted by Crippen LogP contribution is -2.27. The number of methoxy groups -OCH3 is 4. The molecule has 176 valence electrons. The number of hydrogen-bond acceptors (Lipinski definition) is 6. The highest BCUT2D eigenvalue weighted by Crippen LogP contribution is 2.41. The molecule has 8 heteroatoms. The number of hydrogen-bond donors (Lipinski definition) is 0. The zero-order chi connectivity index (χ0) is 24.2. The highest BCUT2D eigenvalue weighted by molar-refractivity contribution is 6.33. The van der Waals surface area contributed by atoms with E-state index in [1.165, 1.54) is 5.01 Å². The molecule has 0 bridgehead atoms. The van der Waals surface area contributed by atoms with Gasteiger partial charge in [-0.1, -0.05) is 23.7 Å². The molecule has 3 aromatic carbocycles. The van der Waals surface area contributed by atoms with Gasteiger partial charge in [0.05, 0.1) is 50.8 Å². The molecular weight excluding hydrogens is 456 g/mol. The Morgan fingerprint density at radius 2 is 1.56 bits per heavy atom. The third-order valence-corrected chi connectivity index (χ3v) is 6.03. The van der Waals surface area contributed by atoms with Gasteiger partial charge in [-0.05, 0) is 42.5 Å². The molecule has 1 aliphatic heterocycles. The number of halogens is 1. The van der Waals surface area contributed by atoms with Crippen LogP contribution in [0.2, 0.25) is 5.02 Å². The van der Waals surface area contributed by atoms with Crippen LogP contribution >= 0.6 is 11.6 Å². The Bertz CT molecular complexity index is 1220. The molecule has 0 N–H and O–H groups in total. The fourth-order valence-electron chi connectivity index (χ4n) is 3.95. The van der Waals surface area contributed by atoms with Crippen molar-refractivity contribution >= 4 is 23.2 Å². The summed E-state index contributed by atoms with van der Waals surface area (Å²) in [5.41, 5.74) is 2.63. The molecule has 0 radical (unpaired) electrons. The van der Waals surface area contributed by atoms with Crippen LogP contribution in [-0.2, 0) is 0 Å². The van der Waals surface area contributed by atoms with E-state index in [0.717, 1.165) is 11.1 Å². The van der Waals surface area contributed by atoms with E-state index in [4.69, 9.17) is 35.6 Å². The van der Waals surface area contributed by atoms with Crippen molar-refractivity contribution in [2.24, 2.45) is 5.10 Å². The number of hydrazone groups is 1. The number of benzene rings is 3. The maximum atomic E-state index is 13.6. The SMILES string of the molecule is COc1cc(OC)cc(C2=NN(C(=O)c3ccccc3Cl)[C@@H](c3cc(OC)ccc3OC)C2)c1. The summed E-state index contributed by atoms with van der Waals surface area (Å²) in [4.78, 5) is 13.6. The van der Waals surface area contributed by atoms with Crippen LogP contribution in [0.15, 0.2) is 65.8 Å². The van der Waals surface area contributed by atoms with Gasteiger partial charge in [-0.3, -0.25) is 4.79 Å². The number of carbonyl (C=O) groups excluding carboxylic acids is 1. The molecule has 0 saturated heterocycles. The molecule has 0 aromatic heterocycles. The average Bonchev–Trinajstić information content (AvgIpc) is 3.33. The quantitative estimate of drug-likeness (QED) is 0.455. The minimum Gasteiger partial charge on any atom is -0.497 e. The molecule has 1 heterocycles. The Kier molecular flexibility index (Phi) is 6.93. The Morgan fingerprint density at radius 3 is 2.18 bits per heavy atom. The largest absolute Gasteiger partial charge is 0.497 e. The number of carbonyl (C=O) groups is 1. The summed E-state index contributed by atoms with van der Waals surface area (Å²) < 4.78 is 21.9. The van der Waals surface area contributed by atoms with Crippen LogP contribution in [-0.4, -0.2) is 45.1 Å². The van der Waals surface area contributed by atoms with Crippen molar-refractivity contribution in [1.82, 2.24) is 5.01 Å². The van der Waals surface area contributed by atoms with Gasteiger partial charge in [-0.15, -0.1) is 0 Å². The minimum atomic E-state index is -0.444. The molecule has 1 aliphatic rings. The maximum Gasteiger partial charge on any atom is 0.276 e. The fraction of sp³-hybridized carbons (Fsp3) is 0.231. The van der Waals surface area contributed by atoms with Gasteiger partial charge in [0, 0.05) is 23.6 Å². The molecule has 0 spiro atoms. The smallest absolute Gasteiger partial charge is 0.276 e. The van der Waals surface area contributed by atoms with E-state index in [9.17, 15) is 4.79 Å². The van der Waals surface area contributed by atoms with Crippen LogP contribution in [0.1, 0.15) is 33.9 Å². The molecule has 0 saturated carbocycles. The summed E-state index contributed by atoms with van der Waals surface area (Å²) in [6, 6.07) is 17.5. The fourth-order valence-corrected chi connectivity index (χ4v) is 4.16. The Hall–Kier alpha value is -3.71. The van der Waals surface area contributed by atoms with E-state index in [2.05, 4.69) is 0 Å². The van der Waals surface area contributed by atoms with Gasteiger partial charge in [0.15, 0.2) is 0 Å². The number of nitrogens with zero attached hydrogens (tertiary/aromatic N) is 2. The molecule has 0 fully saturated rings. The summed E-state index contributed by atoms with van der Waals surface area (Å²) in [5.74, 6) is 2.22. The van der Waals surface area contributed by atoms with Crippen molar-refractivity contribution in [2.75, 3.05) is 28.4 Å². The molecule has 1 amide bonds. The van der Waals surface area contributed by atoms with Crippen molar-refractivity contribution < 1.29 is 23.7 Å². The second kappa shape index (κ2) is 10.1. The van der Waals surface area contributed by atoms with Crippen molar-refractivity contribution in [2.45, 2.75) is 12.5 Å². The molecule has 0 aliphatic carbocycles. The zero-order valence-electron chi connectivity index (χ0n) is 19.4. The number of amides is 1. The summed E-state index contributed by atoms with van der Waals surface area (Å²) in [7, 11) is 6.37. The first-order valence-corrected chi connectivity index (χ1v) is 11.0. The lowest BCUT2D eigenvalue weighted by molar-refractivity contribution is 0.0709. The normalized spacial score (nSPS) is 15.0. The molecular formula is C26H25ClN2O5.